The Morgan fingerprint density at radius 3 is 2.48 bits per heavy atom. The largest absolute Gasteiger partial charge is 0.490 e. The van der Waals surface area contributed by atoms with E-state index in [0.717, 1.165) is 24.2 Å². The van der Waals surface area contributed by atoms with Gasteiger partial charge in [0.2, 0.25) is 0 Å². The van der Waals surface area contributed by atoms with Gasteiger partial charge in [-0.15, -0.1) is 0 Å². The van der Waals surface area contributed by atoms with E-state index in [9.17, 15) is 4.39 Å². The van der Waals surface area contributed by atoms with Crippen LogP contribution in [0, 0.1) is 5.82 Å². The van der Waals surface area contributed by atoms with Crippen LogP contribution in [0.4, 0.5) is 4.39 Å². The Morgan fingerprint density at radius 2 is 1.86 bits per heavy atom. The van der Waals surface area contributed by atoms with Crippen molar-refractivity contribution in [1.29, 1.82) is 0 Å². The van der Waals surface area contributed by atoms with Crippen molar-refractivity contribution in [3.05, 3.63) is 48.0 Å². The molecular weight excluding hydrogens is 269 g/mol. The first-order chi connectivity index (χ1) is 10.3. The molecule has 1 aromatic carbocycles. The Morgan fingerprint density at radius 1 is 1.14 bits per heavy atom. The predicted octanol–water partition coefficient (Wildman–Crippen LogP) is 3.70. The third kappa shape index (κ3) is 3.22. The second-order valence-electron chi connectivity index (χ2n) is 5.36. The Hall–Kier alpha value is -1.94. The van der Waals surface area contributed by atoms with E-state index in [1.165, 1.54) is 18.9 Å². The van der Waals surface area contributed by atoms with E-state index in [1.807, 2.05) is 24.3 Å². The first-order valence-corrected chi connectivity index (χ1v) is 7.28. The molecule has 0 unspecified atom stereocenters. The van der Waals surface area contributed by atoms with Crippen molar-refractivity contribution in [2.24, 2.45) is 0 Å². The third-order valence-electron chi connectivity index (χ3n) is 3.86. The maximum Gasteiger partial charge on any atom is 0.147 e. The lowest BCUT2D eigenvalue weighted by Gasteiger charge is -2.13. The third-order valence-corrected chi connectivity index (χ3v) is 3.86. The molecule has 4 heteroatoms. The van der Waals surface area contributed by atoms with E-state index >= 15 is 0 Å². The molecule has 1 aliphatic carbocycles. The van der Waals surface area contributed by atoms with Crippen LogP contribution in [0.1, 0.15) is 31.4 Å². The molecule has 0 radical (unpaired) electrons. The summed E-state index contributed by atoms with van der Waals surface area (Å²) in [5, 5.41) is 8.93. The molecule has 1 saturated carbocycles. The van der Waals surface area contributed by atoms with Crippen LogP contribution in [-0.4, -0.2) is 16.2 Å². The van der Waals surface area contributed by atoms with Crippen molar-refractivity contribution in [1.82, 2.24) is 4.98 Å². The topological polar surface area (TPSA) is 42.4 Å². The van der Waals surface area contributed by atoms with Gasteiger partial charge in [0.15, 0.2) is 0 Å². The molecular formula is C17H18FNO2. The molecule has 1 N–H and O–H groups in total. The summed E-state index contributed by atoms with van der Waals surface area (Å²) >= 11 is 0. The van der Waals surface area contributed by atoms with Crippen LogP contribution in [-0.2, 0) is 6.61 Å². The fourth-order valence-corrected chi connectivity index (χ4v) is 2.67. The van der Waals surface area contributed by atoms with Gasteiger partial charge in [0, 0.05) is 11.8 Å². The van der Waals surface area contributed by atoms with E-state index in [0.29, 0.717) is 11.7 Å². The number of hydrogen-bond acceptors (Lipinski definition) is 3. The number of rotatable bonds is 4. The van der Waals surface area contributed by atoms with Crippen LogP contribution >= 0.6 is 0 Å². The number of aliphatic hydroxyl groups excluding tert-OH is 1. The molecule has 0 saturated heterocycles. The van der Waals surface area contributed by atoms with Gasteiger partial charge >= 0.3 is 0 Å². The van der Waals surface area contributed by atoms with Gasteiger partial charge < -0.3 is 9.84 Å². The zero-order chi connectivity index (χ0) is 14.7. The van der Waals surface area contributed by atoms with Gasteiger partial charge in [-0.3, -0.25) is 4.98 Å². The lowest BCUT2D eigenvalue weighted by molar-refractivity contribution is 0.210. The summed E-state index contributed by atoms with van der Waals surface area (Å²) in [6.45, 7) is -0.389. The van der Waals surface area contributed by atoms with Crippen LogP contribution < -0.4 is 4.74 Å². The fraction of sp³-hybridized carbons (Fsp3) is 0.353. The molecule has 0 bridgehead atoms. The van der Waals surface area contributed by atoms with Crippen LogP contribution in [0.3, 0.4) is 0 Å². The Kier molecular flexibility index (Phi) is 4.15. The van der Waals surface area contributed by atoms with Crippen molar-refractivity contribution in [3.8, 4) is 16.9 Å². The second-order valence-corrected chi connectivity index (χ2v) is 5.36. The van der Waals surface area contributed by atoms with Crippen molar-refractivity contribution in [3.63, 3.8) is 0 Å². The van der Waals surface area contributed by atoms with Crippen molar-refractivity contribution >= 4 is 0 Å². The van der Waals surface area contributed by atoms with Crippen molar-refractivity contribution < 1.29 is 14.2 Å². The second kappa shape index (κ2) is 6.22. The molecule has 2 aromatic rings. The smallest absolute Gasteiger partial charge is 0.147 e. The summed E-state index contributed by atoms with van der Waals surface area (Å²) < 4.78 is 19.5. The minimum absolute atomic E-state index is 0.0694. The number of aliphatic hydroxyl groups is 1. The monoisotopic (exact) mass is 287 g/mol. The molecule has 0 aliphatic heterocycles. The number of ether oxygens (including phenoxy) is 1. The molecule has 0 atom stereocenters. The maximum absolute atomic E-state index is 13.6. The minimum Gasteiger partial charge on any atom is -0.490 e. The minimum atomic E-state index is -0.485. The van der Waals surface area contributed by atoms with E-state index in [2.05, 4.69) is 4.98 Å². The van der Waals surface area contributed by atoms with Gasteiger partial charge in [-0.05, 0) is 49.4 Å². The highest BCUT2D eigenvalue weighted by atomic mass is 19.1. The van der Waals surface area contributed by atoms with Crippen LogP contribution in [0.2, 0.25) is 0 Å². The van der Waals surface area contributed by atoms with E-state index < -0.39 is 5.82 Å². The summed E-state index contributed by atoms with van der Waals surface area (Å²) in [5.41, 5.74) is 1.64. The number of hydrogen-bond donors (Lipinski definition) is 1. The number of nitrogens with zero attached hydrogens (tertiary/aromatic N) is 1. The normalized spacial score (nSPS) is 15.3. The molecule has 21 heavy (non-hydrogen) atoms. The average molecular weight is 287 g/mol. The Bertz CT molecular complexity index is 607. The number of pyridine rings is 1. The zero-order valence-corrected chi connectivity index (χ0v) is 11.8. The molecule has 1 heterocycles. The van der Waals surface area contributed by atoms with Gasteiger partial charge in [-0.25, -0.2) is 4.39 Å². The Labute approximate surface area is 123 Å². The SMILES string of the molecule is OCc1ncc(-c2ccc(OC3CCCC3)cc2)cc1F. The molecule has 3 nitrogen and oxygen atoms in total. The average Bonchev–Trinajstić information content (AvgIpc) is 3.01. The van der Waals surface area contributed by atoms with Crippen LogP contribution in [0.25, 0.3) is 11.1 Å². The molecule has 1 aromatic heterocycles. The summed E-state index contributed by atoms with van der Waals surface area (Å²) in [6.07, 6.45) is 6.63. The van der Waals surface area contributed by atoms with Crippen LogP contribution in [0.15, 0.2) is 36.5 Å². The van der Waals surface area contributed by atoms with Gasteiger partial charge in [0.1, 0.15) is 17.3 Å². The number of aromatic nitrogens is 1. The van der Waals surface area contributed by atoms with Crippen molar-refractivity contribution in [2.75, 3.05) is 0 Å². The van der Waals surface area contributed by atoms with Gasteiger partial charge in [0.25, 0.3) is 0 Å². The highest BCUT2D eigenvalue weighted by Crippen LogP contribution is 2.27. The molecule has 1 aliphatic rings. The number of halogens is 1. The summed E-state index contributed by atoms with van der Waals surface area (Å²) in [6, 6.07) is 9.02. The molecule has 0 amide bonds. The summed E-state index contributed by atoms with van der Waals surface area (Å²) in [5.74, 6) is 0.368. The Balaban J connectivity index is 1.75. The highest BCUT2D eigenvalue weighted by molar-refractivity contribution is 5.63. The predicted molar refractivity (Wildman–Crippen MR) is 78.4 cm³/mol. The highest BCUT2D eigenvalue weighted by Gasteiger charge is 2.16. The first-order valence-electron chi connectivity index (χ1n) is 7.28. The lowest BCUT2D eigenvalue weighted by Crippen LogP contribution is -2.10. The van der Waals surface area contributed by atoms with Crippen LogP contribution in [0.5, 0.6) is 5.75 Å². The molecule has 0 spiro atoms. The number of benzene rings is 1. The molecule has 3 rings (SSSR count). The van der Waals surface area contributed by atoms with Gasteiger partial charge in [-0.1, -0.05) is 12.1 Å². The van der Waals surface area contributed by atoms with Gasteiger partial charge in [0.05, 0.1) is 12.7 Å². The standard InChI is InChI=1S/C17H18FNO2/c18-16-9-13(10-19-17(16)11-20)12-5-7-15(8-6-12)21-14-3-1-2-4-14/h5-10,14,20H,1-4,11H2. The summed E-state index contributed by atoms with van der Waals surface area (Å²) in [7, 11) is 0. The molecule has 1 fully saturated rings. The zero-order valence-electron chi connectivity index (χ0n) is 11.8. The van der Waals surface area contributed by atoms with Crippen molar-refractivity contribution in [2.45, 2.75) is 38.4 Å². The first kappa shape index (κ1) is 14.0. The quantitative estimate of drug-likeness (QED) is 0.932. The van der Waals surface area contributed by atoms with E-state index in [4.69, 9.17) is 9.84 Å². The fourth-order valence-electron chi connectivity index (χ4n) is 2.67. The summed E-state index contributed by atoms with van der Waals surface area (Å²) in [4.78, 5) is 3.92. The maximum atomic E-state index is 13.6. The van der Waals surface area contributed by atoms with E-state index in [1.54, 1.807) is 6.20 Å². The van der Waals surface area contributed by atoms with E-state index in [-0.39, 0.29) is 12.3 Å². The molecule has 110 valence electrons. The van der Waals surface area contributed by atoms with Gasteiger partial charge in [-0.2, -0.15) is 0 Å². The lowest BCUT2D eigenvalue weighted by atomic mass is 10.1.